The van der Waals surface area contributed by atoms with Gasteiger partial charge < -0.3 is 15.4 Å². The van der Waals surface area contributed by atoms with Crippen molar-refractivity contribution in [2.24, 2.45) is 0 Å². The quantitative estimate of drug-likeness (QED) is 0.691. The third kappa shape index (κ3) is 4.35. The molecule has 0 aliphatic carbocycles. The molecule has 0 bridgehead atoms. The minimum absolute atomic E-state index is 0.161. The monoisotopic (exact) mass is 414 g/mol. The van der Waals surface area contributed by atoms with E-state index >= 15 is 0 Å². The zero-order valence-corrected chi connectivity index (χ0v) is 16.6. The van der Waals surface area contributed by atoms with E-state index in [-0.39, 0.29) is 33.0 Å². The molecule has 0 radical (unpaired) electrons. The summed E-state index contributed by atoms with van der Waals surface area (Å²) in [6.45, 7) is 4.78. The van der Waals surface area contributed by atoms with Crippen LogP contribution < -0.4 is 10.6 Å². The number of hydrogen-bond donors (Lipinski definition) is 2. The van der Waals surface area contributed by atoms with E-state index in [0.717, 1.165) is 11.3 Å². The van der Waals surface area contributed by atoms with Crippen molar-refractivity contribution in [2.75, 3.05) is 17.2 Å². The summed E-state index contributed by atoms with van der Waals surface area (Å²) >= 11 is 13.0. The van der Waals surface area contributed by atoms with Crippen LogP contribution in [0.25, 0.3) is 0 Å². The molecule has 0 aliphatic rings. The molecule has 0 unspecified atom stereocenters. The Morgan fingerprint density at radius 2 is 1.88 bits per heavy atom. The Bertz CT molecular complexity index is 880. The number of carbonyl (C=O) groups is 3. The van der Waals surface area contributed by atoms with Crippen molar-refractivity contribution < 1.29 is 19.1 Å². The molecule has 0 saturated heterocycles. The molecular formula is C17H16Cl2N2O4S. The van der Waals surface area contributed by atoms with E-state index in [2.05, 4.69) is 10.6 Å². The van der Waals surface area contributed by atoms with E-state index < -0.39 is 11.9 Å². The Hall–Kier alpha value is -2.09. The molecule has 2 aromatic rings. The fraction of sp³-hybridized carbons (Fsp3) is 0.235. The van der Waals surface area contributed by atoms with Crippen LogP contribution in [0.2, 0.25) is 10.0 Å². The van der Waals surface area contributed by atoms with E-state index in [1.165, 1.54) is 6.92 Å². The molecule has 2 N–H and O–H groups in total. The number of carbonyl (C=O) groups excluding carboxylic acids is 3. The molecule has 1 aromatic carbocycles. The van der Waals surface area contributed by atoms with Crippen LogP contribution in [0.1, 0.15) is 39.4 Å². The molecule has 0 spiro atoms. The summed E-state index contributed by atoms with van der Waals surface area (Å²) < 4.78 is 5.02. The van der Waals surface area contributed by atoms with Crippen molar-refractivity contribution in [1.82, 2.24) is 0 Å². The maximum Gasteiger partial charge on any atom is 0.341 e. The van der Waals surface area contributed by atoms with Gasteiger partial charge in [-0.05, 0) is 31.5 Å². The lowest BCUT2D eigenvalue weighted by molar-refractivity contribution is -0.114. The molecular weight excluding hydrogens is 399 g/mol. The summed E-state index contributed by atoms with van der Waals surface area (Å²) in [6.07, 6.45) is 0. The zero-order valence-electron chi connectivity index (χ0n) is 14.2. The van der Waals surface area contributed by atoms with Crippen LogP contribution in [0.15, 0.2) is 18.2 Å². The SMILES string of the molecule is CCOC(=O)c1c(NC(C)=O)sc(C(=O)Nc2cccc(Cl)c2Cl)c1C. The van der Waals surface area contributed by atoms with Gasteiger partial charge in [0.15, 0.2) is 0 Å². The normalized spacial score (nSPS) is 10.3. The highest BCUT2D eigenvalue weighted by Gasteiger charge is 2.26. The number of rotatable bonds is 5. The van der Waals surface area contributed by atoms with Gasteiger partial charge >= 0.3 is 5.97 Å². The first-order valence-electron chi connectivity index (χ1n) is 7.59. The Morgan fingerprint density at radius 3 is 2.50 bits per heavy atom. The molecule has 1 heterocycles. The predicted molar refractivity (Wildman–Crippen MR) is 104 cm³/mol. The first kappa shape index (κ1) is 20.2. The van der Waals surface area contributed by atoms with Crippen molar-refractivity contribution in [3.8, 4) is 0 Å². The first-order chi connectivity index (χ1) is 12.3. The van der Waals surface area contributed by atoms with E-state index in [4.69, 9.17) is 27.9 Å². The second kappa shape index (κ2) is 8.53. The summed E-state index contributed by atoms with van der Waals surface area (Å²) in [5.74, 6) is -1.44. The number of amides is 2. The largest absolute Gasteiger partial charge is 0.462 e. The minimum Gasteiger partial charge on any atom is -0.462 e. The number of ether oxygens (including phenoxy) is 1. The highest BCUT2D eigenvalue weighted by atomic mass is 35.5. The molecule has 26 heavy (non-hydrogen) atoms. The van der Waals surface area contributed by atoms with Crippen LogP contribution in [0.4, 0.5) is 10.7 Å². The van der Waals surface area contributed by atoms with Gasteiger partial charge in [-0.25, -0.2) is 4.79 Å². The Kier molecular flexibility index (Phi) is 6.63. The van der Waals surface area contributed by atoms with Crippen molar-refractivity contribution in [2.45, 2.75) is 20.8 Å². The lowest BCUT2D eigenvalue weighted by Gasteiger charge is -2.08. The molecule has 138 valence electrons. The average molecular weight is 415 g/mol. The van der Waals surface area contributed by atoms with Gasteiger partial charge in [-0.15, -0.1) is 11.3 Å². The predicted octanol–water partition coefficient (Wildman–Crippen LogP) is 4.75. The van der Waals surface area contributed by atoms with Crippen molar-refractivity contribution in [3.63, 3.8) is 0 Å². The van der Waals surface area contributed by atoms with Gasteiger partial charge in [-0.1, -0.05) is 29.3 Å². The molecule has 9 heteroatoms. The first-order valence-corrected chi connectivity index (χ1v) is 9.16. The van der Waals surface area contributed by atoms with E-state index in [1.54, 1.807) is 32.0 Å². The maximum absolute atomic E-state index is 12.7. The molecule has 1 aromatic heterocycles. The zero-order chi connectivity index (χ0) is 19.4. The molecule has 0 fully saturated rings. The smallest absolute Gasteiger partial charge is 0.341 e. The Labute approximate surface area is 164 Å². The molecule has 0 atom stereocenters. The van der Waals surface area contributed by atoms with E-state index in [0.29, 0.717) is 16.3 Å². The van der Waals surface area contributed by atoms with Crippen LogP contribution in [-0.4, -0.2) is 24.4 Å². The Morgan fingerprint density at radius 1 is 1.19 bits per heavy atom. The van der Waals surface area contributed by atoms with E-state index in [9.17, 15) is 14.4 Å². The van der Waals surface area contributed by atoms with Gasteiger partial charge in [-0.3, -0.25) is 9.59 Å². The topological polar surface area (TPSA) is 84.5 Å². The molecule has 2 amide bonds. The Balaban J connectivity index is 2.42. The van der Waals surface area contributed by atoms with Gasteiger partial charge in [0.25, 0.3) is 5.91 Å². The van der Waals surface area contributed by atoms with Crippen LogP contribution in [0.5, 0.6) is 0 Å². The van der Waals surface area contributed by atoms with Crippen LogP contribution in [-0.2, 0) is 9.53 Å². The molecule has 6 nitrogen and oxygen atoms in total. The van der Waals surface area contributed by atoms with Crippen molar-refractivity contribution in [3.05, 3.63) is 44.2 Å². The highest BCUT2D eigenvalue weighted by molar-refractivity contribution is 7.18. The molecule has 0 aliphatic heterocycles. The summed E-state index contributed by atoms with van der Waals surface area (Å²) in [4.78, 5) is 36.6. The number of nitrogens with one attached hydrogen (secondary N) is 2. The third-order valence-corrected chi connectivity index (χ3v) is 5.35. The van der Waals surface area contributed by atoms with Gasteiger partial charge in [0.1, 0.15) is 5.00 Å². The maximum atomic E-state index is 12.7. The summed E-state index contributed by atoms with van der Waals surface area (Å²) in [5.41, 5.74) is 0.915. The molecule has 0 saturated carbocycles. The lowest BCUT2D eigenvalue weighted by Crippen LogP contribution is -2.13. The minimum atomic E-state index is -0.607. The summed E-state index contributed by atoms with van der Waals surface area (Å²) in [6, 6.07) is 4.86. The van der Waals surface area contributed by atoms with Crippen molar-refractivity contribution in [1.29, 1.82) is 0 Å². The van der Waals surface area contributed by atoms with Gasteiger partial charge in [0, 0.05) is 6.92 Å². The van der Waals surface area contributed by atoms with Gasteiger partial charge in [0.05, 0.1) is 32.8 Å². The second-order valence-electron chi connectivity index (χ2n) is 5.22. The second-order valence-corrected chi connectivity index (χ2v) is 7.02. The number of hydrogen-bond acceptors (Lipinski definition) is 5. The number of esters is 1. The van der Waals surface area contributed by atoms with Crippen molar-refractivity contribution >= 4 is 63.0 Å². The average Bonchev–Trinajstić information content (AvgIpc) is 2.87. The standard InChI is InChI=1S/C17H16Cl2N2O4S/c1-4-25-17(24)12-8(2)14(26-16(12)20-9(3)22)15(23)21-11-7-5-6-10(18)13(11)19/h5-7H,4H2,1-3H3,(H,20,22)(H,21,23). The molecule has 2 rings (SSSR count). The lowest BCUT2D eigenvalue weighted by atomic mass is 10.1. The third-order valence-electron chi connectivity index (χ3n) is 3.32. The number of benzene rings is 1. The fourth-order valence-corrected chi connectivity index (χ4v) is 3.69. The van der Waals surface area contributed by atoms with Gasteiger partial charge in [-0.2, -0.15) is 0 Å². The fourth-order valence-electron chi connectivity index (χ4n) is 2.21. The van der Waals surface area contributed by atoms with Crippen LogP contribution in [0.3, 0.4) is 0 Å². The number of thiophene rings is 1. The van der Waals surface area contributed by atoms with Crippen LogP contribution >= 0.6 is 34.5 Å². The van der Waals surface area contributed by atoms with E-state index in [1.807, 2.05) is 0 Å². The van der Waals surface area contributed by atoms with Crippen LogP contribution in [0, 0.1) is 6.92 Å². The highest BCUT2D eigenvalue weighted by Crippen LogP contribution is 2.35. The number of anilines is 2. The number of halogens is 2. The summed E-state index contributed by atoms with van der Waals surface area (Å²) in [7, 11) is 0. The summed E-state index contributed by atoms with van der Waals surface area (Å²) in [5, 5.41) is 6.00. The van der Waals surface area contributed by atoms with Gasteiger partial charge in [0.2, 0.25) is 5.91 Å².